The van der Waals surface area contributed by atoms with Gasteiger partial charge >= 0.3 is 0 Å². The Bertz CT molecular complexity index is 135. The number of rotatable bonds is 3. The minimum atomic E-state index is 0.351. The molecule has 1 heterocycles. The smallest absolute Gasteiger partial charge is 0.0183 e. The fourth-order valence-corrected chi connectivity index (χ4v) is 6.74. The summed E-state index contributed by atoms with van der Waals surface area (Å²) in [4.78, 5) is 0. The molecule has 1 aliphatic rings. The van der Waals surface area contributed by atoms with Gasteiger partial charge in [0.2, 0.25) is 0 Å². The normalized spacial score (nSPS) is 30.7. The van der Waals surface area contributed by atoms with Crippen molar-refractivity contribution in [2.45, 2.75) is 58.8 Å². The zero-order valence-corrected chi connectivity index (χ0v) is 10.8. The van der Waals surface area contributed by atoms with Crippen molar-refractivity contribution >= 4 is 7.92 Å². The third-order valence-corrected chi connectivity index (χ3v) is 7.66. The first-order valence-electron chi connectivity index (χ1n) is 5.83. The summed E-state index contributed by atoms with van der Waals surface area (Å²) < 4.78 is 0. The second kappa shape index (κ2) is 4.78. The van der Waals surface area contributed by atoms with Gasteiger partial charge in [-0.25, -0.2) is 0 Å². The molecule has 0 radical (unpaired) electrons. The average molecular weight is 200 g/mol. The molecule has 1 aliphatic heterocycles. The molecule has 0 nitrogen and oxygen atoms in total. The van der Waals surface area contributed by atoms with Gasteiger partial charge in [0.15, 0.2) is 0 Å². The van der Waals surface area contributed by atoms with E-state index in [1.807, 2.05) is 0 Å². The van der Waals surface area contributed by atoms with Crippen molar-refractivity contribution in [3.63, 3.8) is 0 Å². The number of hydrogen-bond donors (Lipinski definition) is 0. The van der Waals surface area contributed by atoms with Crippen LogP contribution in [0.5, 0.6) is 0 Å². The summed E-state index contributed by atoms with van der Waals surface area (Å²) in [7, 11) is 0.351. The molecule has 0 N–H and O–H groups in total. The van der Waals surface area contributed by atoms with E-state index in [1.165, 1.54) is 19.0 Å². The molecule has 1 heteroatoms. The molecule has 0 saturated carbocycles. The summed E-state index contributed by atoms with van der Waals surface area (Å²) in [6, 6.07) is 0. The van der Waals surface area contributed by atoms with Crippen molar-refractivity contribution in [2.24, 2.45) is 11.8 Å². The lowest BCUT2D eigenvalue weighted by Gasteiger charge is -2.29. The molecule has 0 spiro atoms. The summed E-state index contributed by atoms with van der Waals surface area (Å²) in [6.07, 6.45) is 4.49. The molecule has 0 aromatic carbocycles. The molecule has 1 fully saturated rings. The van der Waals surface area contributed by atoms with Crippen LogP contribution in [0.25, 0.3) is 0 Å². The predicted octanol–water partition coefficient (Wildman–Crippen LogP) is 4.33. The summed E-state index contributed by atoms with van der Waals surface area (Å²) in [5.74, 6) is 1.85. The van der Waals surface area contributed by atoms with Gasteiger partial charge < -0.3 is 0 Å². The minimum Gasteiger partial charge on any atom is -0.100 e. The Hall–Kier alpha value is 0.430. The van der Waals surface area contributed by atoms with E-state index in [0.717, 1.165) is 23.2 Å². The Labute approximate surface area is 85.2 Å². The molecule has 0 aliphatic carbocycles. The highest BCUT2D eigenvalue weighted by atomic mass is 31.1. The topological polar surface area (TPSA) is 0 Å². The van der Waals surface area contributed by atoms with Crippen molar-refractivity contribution in [3.8, 4) is 0 Å². The van der Waals surface area contributed by atoms with E-state index in [4.69, 9.17) is 0 Å². The zero-order chi connectivity index (χ0) is 10.0. The second-order valence-electron chi connectivity index (χ2n) is 5.03. The third kappa shape index (κ3) is 2.46. The molecular formula is C12H25P. The minimum absolute atomic E-state index is 0.351. The molecule has 13 heavy (non-hydrogen) atoms. The SMILES string of the molecule is CCP1[C@H](C(C)C)CC[C@H]1C(C)C. The van der Waals surface area contributed by atoms with Gasteiger partial charge in [-0.3, -0.25) is 0 Å². The van der Waals surface area contributed by atoms with Crippen molar-refractivity contribution in [1.82, 2.24) is 0 Å². The molecule has 0 aromatic heterocycles. The molecule has 0 aromatic rings. The molecule has 0 amide bonds. The van der Waals surface area contributed by atoms with Crippen LogP contribution in [0, 0.1) is 11.8 Å². The molecule has 0 bridgehead atoms. The summed E-state index contributed by atoms with van der Waals surface area (Å²) in [5, 5.41) is 0. The molecule has 0 unspecified atom stereocenters. The van der Waals surface area contributed by atoms with E-state index >= 15 is 0 Å². The highest BCUT2D eigenvalue weighted by Crippen LogP contribution is 2.59. The average Bonchev–Trinajstić information content (AvgIpc) is 2.46. The van der Waals surface area contributed by atoms with Gasteiger partial charge in [-0.15, -0.1) is 7.92 Å². The standard InChI is InChI=1S/C12H25P/c1-6-13-11(9(2)3)7-8-12(13)10(4)5/h9-12H,6-8H2,1-5H3/t11-,12-/m0/s1. The predicted molar refractivity (Wildman–Crippen MR) is 63.9 cm³/mol. The quantitative estimate of drug-likeness (QED) is 0.595. The van der Waals surface area contributed by atoms with Gasteiger partial charge in [0, 0.05) is 0 Å². The van der Waals surface area contributed by atoms with Crippen LogP contribution < -0.4 is 0 Å². The lowest BCUT2D eigenvalue weighted by Crippen LogP contribution is -2.15. The first-order valence-corrected chi connectivity index (χ1v) is 7.50. The Morgan fingerprint density at radius 3 is 1.62 bits per heavy atom. The van der Waals surface area contributed by atoms with E-state index in [9.17, 15) is 0 Å². The van der Waals surface area contributed by atoms with Crippen LogP contribution in [0.2, 0.25) is 0 Å². The second-order valence-corrected chi connectivity index (χ2v) is 8.02. The Balaban J connectivity index is 2.63. The maximum Gasteiger partial charge on any atom is -0.0183 e. The fourth-order valence-electron chi connectivity index (χ4n) is 2.82. The van der Waals surface area contributed by atoms with Gasteiger partial charge in [0.25, 0.3) is 0 Å². The summed E-state index contributed by atoms with van der Waals surface area (Å²) >= 11 is 0. The maximum atomic E-state index is 2.42. The van der Waals surface area contributed by atoms with Crippen molar-refractivity contribution < 1.29 is 0 Å². The molecule has 2 atom stereocenters. The van der Waals surface area contributed by atoms with Crippen LogP contribution in [-0.2, 0) is 0 Å². The van der Waals surface area contributed by atoms with Crippen LogP contribution in [0.1, 0.15) is 47.5 Å². The van der Waals surface area contributed by atoms with E-state index in [-0.39, 0.29) is 0 Å². The molecule has 1 rings (SSSR count). The van der Waals surface area contributed by atoms with Crippen LogP contribution in [0.4, 0.5) is 0 Å². The van der Waals surface area contributed by atoms with Crippen LogP contribution in [0.3, 0.4) is 0 Å². The zero-order valence-electron chi connectivity index (χ0n) is 9.88. The van der Waals surface area contributed by atoms with Gasteiger partial charge in [-0.2, -0.15) is 0 Å². The largest absolute Gasteiger partial charge is 0.100 e. The van der Waals surface area contributed by atoms with Crippen molar-refractivity contribution in [1.29, 1.82) is 0 Å². The lowest BCUT2D eigenvalue weighted by molar-refractivity contribution is 0.543. The van der Waals surface area contributed by atoms with Crippen molar-refractivity contribution in [2.75, 3.05) is 6.16 Å². The Morgan fingerprint density at radius 1 is 1.00 bits per heavy atom. The van der Waals surface area contributed by atoms with Gasteiger partial charge in [0.1, 0.15) is 0 Å². The van der Waals surface area contributed by atoms with E-state index in [1.54, 1.807) is 0 Å². The molecule has 78 valence electrons. The third-order valence-electron chi connectivity index (χ3n) is 3.51. The van der Waals surface area contributed by atoms with Crippen LogP contribution in [-0.4, -0.2) is 17.5 Å². The number of hydrogen-bond acceptors (Lipinski definition) is 0. The monoisotopic (exact) mass is 200 g/mol. The van der Waals surface area contributed by atoms with Crippen LogP contribution >= 0.6 is 7.92 Å². The lowest BCUT2D eigenvalue weighted by atomic mass is 10.0. The molecule has 1 saturated heterocycles. The first-order chi connectivity index (χ1) is 6.07. The van der Waals surface area contributed by atoms with E-state index in [2.05, 4.69) is 34.6 Å². The first kappa shape index (κ1) is 11.5. The van der Waals surface area contributed by atoms with Gasteiger partial charge in [-0.05, 0) is 42.2 Å². The summed E-state index contributed by atoms with van der Waals surface area (Å²) in [5.41, 5.74) is 2.15. The maximum absolute atomic E-state index is 2.42. The molecular weight excluding hydrogens is 175 g/mol. The van der Waals surface area contributed by atoms with E-state index < -0.39 is 0 Å². The van der Waals surface area contributed by atoms with Crippen LogP contribution in [0.15, 0.2) is 0 Å². The fraction of sp³-hybridized carbons (Fsp3) is 1.00. The Morgan fingerprint density at radius 2 is 1.38 bits per heavy atom. The van der Waals surface area contributed by atoms with Crippen molar-refractivity contribution in [3.05, 3.63) is 0 Å². The summed E-state index contributed by atoms with van der Waals surface area (Å²) in [6.45, 7) is 12.1. The van der Waals surface area contributed by atoms with Gasteiger partial charge in [-0.1, -0.05) is 34.6 Å². The highest BCUT2D eigenvalue weighted by Gasteiger charge is 2.36. The Kier molecular flexibility index (Phi) is 4.23. The highest BCUT2D eigenvalue weighted by molar-refractivity contribution is 7.59. The van der Waals surface area contributed by atoms with Gasteiger partial charge in [0.05, 0.1) is 0 Å². The van der Waals surface area contributed by atoms with E-state index in [0.29, 0.717) is 7.92 Å².